The first kappa shape index (κ1) is 16.8. The molecule has 2 N–H and O–H groups in total. The highest BCUT2D eigenvalue weighted by molar-refractivity contribution is 5.77. The zero-order valence-corrected chi connectivity index (χ0v) is 13.9. The zero-order chi connectivity index (χ0) is 15.7. The molecule has 1 aliphatic carbocycles. The molecule has 3 atom stereocenters. The van der Waals surface area contributed by atoms with Crippen LogP contribution < -0.4 is 5.32 Å². The molecular weight excluding hydrogens is 266 g/mol. The zero-order valence-electron chi connectivity index (χ0n) is 13.9. The largest absolute Gasteiger partial charge is 0.389 e. The van der Waals surface area contributed by atoms with Gasteiger partial charge in [0, 0.05) is 24.0 Å². The van der Waals surface area contributed by atoms with Crippen LogP contribution in [0.15, 0.2) is 0 Å². The molecule has 0 aromatic heterocycles. The average molecular weight is 297 g/mol. The summed E-state index contributed by atoms with van der Waals surface area (Å²) in [6.07, 6.45) is 4.73. The summed E-state index contributed by atoms with van der Waals surface area (Å²) in [7, 11) is 0. The Morgan fingerprint density at radius 2 is 1.95 bits per heavy atom. The van der Waals surface area contributed by atoms with Crippen molar-refractivity contribution in [2.45, 2.75) is 84.0 Å². The van der Waals surface area contributed by atoms with Gasteiger partial charge in [-0.1, -0.05) is 40.5 Å². The Labute approximate surface area is 128 Å². The molecule has 21 heavy (non-hydrogen) atoms. The highest BCUT2D eigenvalue weighted by atomic mass is 16.5. The van der Waals surface area contributed by atoms with Gasteiger partial charge in [-0.15, -0.1) is 0 Å². The number of hydrogen-bond donors (Lipinski definition) is 2. The standard InChI is InChI=1S/C17H31NO3/c1-5-8-17(20,9-6-2)11-13(19)18-14-12-7-10-21-15(12)16(14,3)4/h12,14-15,20H,5-11H2,1-4H3,(H,18,19). The van der Waals surface area contributed by atoms with Crippen molar-refractivity contribution < 1.29 is 14.6 Å². The second kappa shape index (κ2) is 6.25. The Hall–Kier alpha value is -0.610. The number of aliphatic hydroxyl groups is 1. The highest BCUT2D eigenvalue weighted by Gasteiger charge is 2.59. The minimum atomic E-state index is -0.840. The number of nitrogens with one attached hydrogen (secondary N) is 1. The maximum Gasteiger partial charge on any atom is 0.223 e. The van der Waals surface area contributed by atoms with Crippen molar-refractivity contribution >= 4 is 5.91 Å². The van der Waals surface area contributed by atoms with E-state index in [9.17, 15) is 9.90 Å². The minimum Gasteiger partial charge on any atom is -0.389 e. The molecule has 1 saturated carbocycles. The average Bonchev–Trinajstić information content (AvgIpc) is 2.83. The van der Waals surface area contributed by atoms with Crippen LogP contribution in [0.4, 0.5) is 0 Å². The molecule has 1 saturated heterocycles. The van der Waals surface area contributed by atoms with Gasteiger partial charge in [0.15, 0.2) is 0 Å². The van der Waals surface area contributed by atoms with E-state index in [-0.39, 0.29) is 29.9 Å². The summed E-state index contributed by atoms with van der Waals surface area (Å²) in [4.78, 5) is 12.4. The summed E-state index contributed by atoms with van der Waals surface area (Å²) in [6, 6.07) is 0.185. The van der Waals surface area contributed by atoms with Gasteiger partial charge in [0.25, 0.3) is 0 Å². The number of carbonyl (C=O) groups excluding carboxylic acids is 1. The SMILES string of the molecule is CCCC(O)(CCC)CC(=O)NC1C2CCOC2C1(C)C. The van der Waals surface area contributed by atoms with Crippen LogP contribution in [0.1, 0.15) is 66.2 Å². The van der Waals surface area contributed by atoms with Gasteiger partial charge in [-0.3, -0.25) is 4.79 Å². The molecule has 0 aromatic rings. The van der Waals surface area contributed by atoms with Crippen LogP contribution in [0.25, 0.3) is 0 Å². The van der Waals surface area contributed by atoms with E-state index in [1.54, 1.807) is 0 Å². The molecule has 0 radical (unpaired) electrons. The Balaban J connectivity index is 1.92. The second-order valence-corrected chi connectivity index (χ2v) is 7.51. The van der Waals surface area contributed by atoms with Crippen molar-refractivity contribution in [2.75, 3.05) is 6.61 Å². The van der Waals surface area contributed by atoms with Crippen molar-refractivity contribution in [1.82, 2.24) is 5.32 Å². The normalized spacial score (nSPS) is 30.6. The fourth-order valence-corrected chi connectivity index (χ4v) is 4.37. The van der Waals surface area contributed by atoms with E-state index in [1.165, 1.54) is 0 Å². The quantitative estimate of drug-likeness (QED) is 0.759. The Morgan fingerprint density at radius 3 is 2.52 bits per heavy atom. The van der Waals surface area contributed by atoms with Crippen LogP contribution in [-0.2, 0) is 9.53 Å². The number of hydrogen-bond acceptors (Lipinski definition) is 3. The van der Waals surface area contributed by atoms with Gasteiger partial charge in [0.2, 0.25) is 5.91 Å². The predicted molar refractivity (Wildman–Crippen MR) is 82.9 cm³/mol. The molecule has 122 valence electrons. The molecule has 0 spiro atoms. The van der Waals surface area contributed by atoms with E-state index in [4.69, 9.17) is 4.74 Å². The lowest BCUT2D eigenvalue weighted by molar-refractivity contribution is -0.142. The molecule has 3 unspecified atom stereocenters. The molecule has 2 aliphatic rings. The lowest BCUT2D eigenvalue weighted by Crippen LogP contribution is -2.67. The topological polar surface area (TPSA) is 58.6 Å². The van der Waals surface area contributed by atoms with E-state index < -0.39 is 5.60 Å². The van der Waals surface area contributed by atoms with E-state index in [2.05, 4.69) is 19.2 Å². The van der Waals surface area contributed by atoms with Gasteiger partial charge in [0.1, 0.15) is 0 Å². The third kappa shape index (κ3) is 3.26. The highest BCUT2D eigenvalue weighted by Crippen LogP contribution is 2.52. The second-order valence-electron chi connectivity index (χ2n) is 7.51. The first-order valence-corrected chi connectivity index (χ1v) is 8.47. The number of ether oxygens (including phenoxy) is 1. The maximum atomic E-state index is 12.4. The summed E-state index contributed by atoms with van der Waals surface area (Å²) < 4.78 is 5.76. The number of carbonyl (C=O) groups is 1. The monoisotopic (exact) mass is 297 g/mol. The van der Waals surface area contributed by atoms with Gasteiger partial charge >= 0.3 is 0 Å². The van der Waals surface area contributed by atoms with Gasteiger partial charge in [-0.2, -0.15) is 0 Å². The van der Waals surface area contributed by atoms with Gasteiger partial charge in [-0.25, -0.2) is 0 Å². The van der Waals surface area contributed by atoms with E-state index in [1.807, 2.05) is 13.8 Å². The van der Waals surface area contributed by atoms with Crippen molar-refractivity contribution in [3.05, 3.63) is 0 Å². The Bertz CT molecular complexity index is 374. The summed E-state index contributed by atoms with van der Waals surface area (Å²) in [5.74, 6) is 0.442. The molecule has 1 amide bonds. The van der Waals surface area contributed by atoms with Crippen molar-refractivity contribution in [1.29, 1.82) is 0 Å². The Kier molecular flexibility index (Phi) is 4.99. The molecule has 1 heterocycles. The van der Waals surface area contributed by atoms with Crippen molar-refractivity contribution in [3.63, 3.8) is 0 Å². The molecule has 2 rings (SSSR count). The van der Waals surface area contributed by atoms with Crippen LogP contribution >= 0.6 is 0 Å². The van der Waals surface area contributed by atoms with E-state index >= 15 is 0 Å². The minimum absolute atomic E-state index is 0.00442. The fraction of sp³-hybridized carbons (Fsp3) is 0.941. The number of rotatable bonds is 7. The third-order valence-electron chi connectivity index (χ3n) is 5.34. The lowest BCUT2D eigenvalue weighted by Gasteiger charge is -2.54. The summed E-state index contributed by atoms with van der Waals surface area (Å²) in [5.41, 5.74) is -0.836. The van der Waals surface area contributed by atoms with Gasteiger partial charge < -0.3 is 15.2 Å². The van der Waals surface area contributed by atoms with Crippen molar-refractivity contribution in [2.24, 2.45) is 11.3 Å². The predicted octanol–water partition coefficient (Wildman–Crippen LogP) is 2.64. The summed E-state index contributed by atoms with van der Waals surface area (Å²) in [5, 5.41) is 13.8. The smallest absolute Gasteiger partial charge is 0.223 e. The number of amides is 1. The molecule has 1 aliphatic heterocycles. The molecule has 2 fully saturated rings. The molecule has 0 bridgehead atoms. The lowest BCUT2D eigenvalue weighted by atomic mass is 9.57. The van der Waals surface area contributed by atoms with Gasteiger partial charge in [0.05, 0.1) is 18.1 Å². The first-order valence-electron chi connectivity index (χ1n) is 8.47. The molecule has 4 nitrogen and oxygen atoms in total. The van der Waals surface area contributed by atoms with Crippen LogP contribution in [0, 0.1) is 11.3 Å². The fourth-order valence-electron chi connectivity index (χ4n) is 4.37. The summed E-state index contributed by atoms with van der Waals surface area (Å²) >= 11 is 0. The molecule has 0 aromatic carbocycles. The molecule has 4 heteroatoms. The van der Waals surface area contributed by atoms with Gasteiger partial charge in [-0.05, 0) is 19.3 Å². The number of fused-ring (bicyclic) bond motifs is 1. The first-order chi connectivity index (χ1) is 9.84. The van der Waals surface area contributed by atoms with Crippen molar-refractivity contribution in [3.8, 4) is 0 Å². The van der Waals surface area contributed by atoms with Crippen LogP contribution in [0.3, 0.4) is 0 Å². The van der Waals surface area contributed by atoms with Crippen LogP contribution in [0.2, 0.25) is 0 Å². The van der Waals surface area contributed by atoms with E-state index in [0.717, 1.165) is 25.9 Å². The Morgan fingerprint density at radius 1 is 1.33 bits per heavy atom. The molecular formula is C17H31NO3. The van der Waals surface area contributed by atoms with Crippen LogP contribution in [0.5, 0.6) is 0 Å². The van der Waals surface area contributed by atoms with E-state index in [0.29, 0.717) is 18.8 Å². The third-order valence-corrected chi connectivity index (χ3v) is 5.34. The summed E-state index contributed by atoms with van der Waals surface area (Å²) in [6.45, 7) is 9.23. The maximum absolute atomic E-state index is 12.4. The van der Waals surface area contributed by atoms with Crippen LogP contribution in [-0.4, -0.2) is 35.4 Å².